The molecule has 2 aromatic rings. The molecular weight excluding hydrogens is 676 g/mol. The maximum atomic E-state index is 14.1. The summed E-state index contributed by atoms with van der Waals surface area (Å²) in [5.74, 6) is -3.13. The lowest BCUT2D eigenvalue weighted by Gasteiger charge is -2.29. The average molecular weight is 730 g/mol. The summed E-state index contributed by atoms with van der Waals surface area (Å²) in [5.41, 5.74) is 2.34. The summed E-state index contributed by atoms with van der Waals surface area (Å²) in [6.45, 7) is 6.26. The van der Waals surface area contributed by atoms with E-state index in [0.717, 1.165) is 55.0 Å². The molecule has 2 aromatic carbocycles. The monoisotopic (exact) mass is 729 g/mol. The molecule has 0 aliphatic heterocycles. The van der Waals surface area contributed by atoms with Crippen molar-refractivity contribution < 1.29 is 36.6 Å². The van der Waals surface area contributed by atoms with Gasteiger partial charge in [0.2, 0.25) is 5.91 Å². The van der Waals surface area contributed by atoms with E-state index in [1.54, 1.807) is 0 Å². The van der Waals surface area contributed by atoms with Crippen molar-refractivity contribution in [1.82, 2.24) is 16.0 Å². The van der Waals surface area contributed by atoms with E-state index in [0.29, 0.717) is 45.1 Å². The number of carbonyl (C=O) groups excluding carboxylic acids is 2. The fraction of sp³-hybridized carbons (Fsp3) is 0.611. The fourth-order valence-electron chi connectivity index (χ4n) is 6.22. The lowest BCUT2D eigenvalue weighted by atomic mass is 9.98. The zero-order chi connectivity index (χ0) is 35.1. The van der Waals surface area contributed by atoms with Gasteiger partial charge in [0.1, 0.15) is 23.8 Å². The third kappa shape index (κ3) is 14.5. The summed E-state index contributed by atoms with van der Waals surface area (Å²) >= 11 is 0. The van der Waals surface area contributed by atoms with E-state index in [-0.39, 0.29) is 37.0 Å². The third-order valence-electron chi connectivity index (χ3n) is 8.81. The van der Waals surface area contributed by atoms with Crippen LogP contribution in [0.25, 0.3) is 0 Å². The van der Waals surface area contributed by atoms with Crippen LogP contribution in [-0.2, 0) is 38.8 Å². The van der Waals surface area contributed by atoms with Gasteiger partial charge in [-0.3, -0.25) is 4.79 Å². The Morgan fingerprint density at radius 3 is 2.16 bits per heavy atom. The molecule has 1 aliphatic rings. The molecule has 0 spiro atoms. The normalized spacial score (nSPS) is 15.6. The Labute approximate surface area is 296 Å². The Kier molecular flexibility index (Phi) is 18.5. The van der Waals surface area contributed by atoms with Crippen LogP contribution < -0.4 is 16.0 Å². The van der Waals surface area contributed by atoms with E-state index >= 15 is 0 Å². The first-order valence-electron chi connectivity index (χ1n) is 17.3. The van der Waals surface area contributed by atoms with Crippen molar-refractivity contribution in [1.29, 1.82) is 0 Å². The first-order valence-corrected chi connectivity index (χ1v) is 19.1. The van der Waals surface area contributed by atoms with E-state index in [9.17, 15) is 31.9 Å². The van der Waals surface area contributed by atoms with Crippen LogP contribution in [0.3, 0.4) is 0 Å². The SMILES string of the molecule is CCCC(CCC)S(=O)(=O)CC(NC(=O)OC1CCCCC1)C(=O)N[C@@H](Cc1cc(F)cc(F)c1)[C@H](O)CNCc1cccc(CC)c1.Cl. The molecule has 1 saturated carbocycles. The van der Waals surface area contributed by atoms with Gasteiger partial charge in [0.15, 0.2) is 9.84 Å². The van der Waals surface area contributed by atoms with Gasteiger partial charge in [-0.2, -0.15) is 0 Å². The van der Waals surface area contributed by atoms with Gasteiger partial charge in [-0.25, -0.2) is 22.0 Å². The Balaban J connectivity index is 0.00000833. The standard InChI is InChI=1S/C36H53F2N3O6S.ClH/c1-4-11-31(12-5-2)48(45,46)24-33(41-36(44)47-30-15-8-7-9-16-30)35(43)40-32(20-27-18-28(37)21-29(38)19-27)34(42)23-39-22-26-14-10-13-25(6-3)17-26;/h10,13-14,17-19,21,30-34,39,42H,4-9,11-12,15-16,20,22-24H2,1-3H3,(H,40,43)(H,41,44);1H/t32-,33?,34+;/m0./s1. The summed E-state index contributed by atoms with van der Waals surface area (Å²) in [6, 6.07) is 8.29. The minimum Gasteiger partial charge on any atom is -0.446 e. The number of hydrogen-bond acceptors (Lipinski definition) is 7. The Bertz CT molecular complexity index is 1400. The highest BCUT2D eigenvalue weighted by atomic mass is 35.5. The number of benzene rings is 2. The number of aryl methyl sites for hydroxylation is 1. The molecule has 0 heterocycles. The van der Waals surface area contributed by atoms with Crippen LogP contribution in [0, 0.1) is 11.6 Å². The van der Waals surface area contributed by atoms with Crippen LogP contribution in [-0.4, -0.2) is 67.4 Å². The number of nitrogens with one attached hydrogen (secondary N) is 3. The van der Waals surface area contributed by atoms with Crippen molar-refractivity contribution in [2.24, 2.45) is 0 Å². The Morgan fingerprint density at radius 1 is 0.918 bits per heavy atom. The van der Waals surface area contributed by atoms with Crippen molar-refractivity contribution in [3.8, 4) is 0 Å². The van der Waals surface area contributed by atoms with Gasteiger partial charge >= 0.3 is 6.09 Å². The minimum absolute atomic E-state index is 0. The van der Waals surface area contributed by atoms with Gasteiger partial charge < -0.3 is 25.8 Å². The van der Waals surface area contributed by atoms with Crippen LogP contribution in [0.15, 0.2) is 42.5 Å². The van der Waals surface area contributed by atoms with Crippen molar-refractivity contribution in [2.45, 2.75) is 127 Å². The largest absolute Gasteiger partial charge is 0.446 e. The number of sulfone groups is 1. The molecule has 3 atom stereocenters. The number of aliphatic hydroxyl groups is 1. The zero-order valence-electron chi connectivity index (χ0n) is 28.9. The molecule has 13 heteroatoms. The number of ether oxygens (including phenoxy) is 1. The second-order valence-electron chi connectivity index (χ2n) is 12.9. The molecule has 1 fully saturated rings. The molecule has 2 amide bonds. The number of aliphatic hydroxyl groups excluding tert-OH is 1. The topological polar surface area (TPSA) is 134 Å². The number of alkyl carbamates (subject to hydrolysis) is 1. The van der Waals surface area contributed by atoms with Gasteiger partial charge in [-0.1, -0.05) is 64.3 Å². The lowest BCUT2D eigenvalue weighted by Crippen LogP contribution is -2.57. The second-order valence-corrected chi connectivity index (χ2v) is 15.2. The first-order chi connectivity index (χ1) is 22.9. The molecule has 276 valence electrons. The van der Waals surface area contributed by atoms with E-state index in [2.05, 4.69) is 22.9 Å². The van der Waals surface area contributed by atoms with E-state index in [4.69, 9.17) is 4.74 Å². The fourth-order valence-corrected chi connectivity index (χ4v) is 8.39. The predicted molar refractivity (Wildman–Crippen MR) is 190 cm³/mol. The van der Waals surface area contributed by atoms with Crippen molar-refractivity contribution >= 4 is 34.2 Å². The highest BCUT2D eigenvalue weighted by Gasteiger charge is 2.35. The quantitative estimate of drug-likeness (QED) is 0.141. The van der Waals surface area contributed by atoms with E-state index < -0.39 is 62.7 Å². The highest BCUT2D eigenvalue weighted by Crippen LogP contribution is 2.21. The smallest absolute Gasteiger partial charge is 0.408 e. The van der Waals surface area contributed by atoms with Crippen LogP contribution >= 0.6 is 12.4 Å². The molecule has 1 aliphatic carbocycles. The first kappa shape index (κ1) is 42.4. The predicted octanol–water partition coefficient (Wildman–Crippen LogP) is 5.94. The highest BCUT2D eigenvalue weighted by molar-refractivity contribution is 7.92. The zero-order valence-corrected chi connectivity index (χ0v) is 30.5. The van der Waals surface area contributed by atoms with Crippen molar-refractivity contribution in [2.75, 3.05) is 12.3 Å². The third-order valence-corrected chi connectivity index (χ3v) is 11.1. The summed E-state index contributed by atoms with van der Waals surface area (Å²) in [6.07, 6.45) is 4.57. The van der Waals surface area contributed by atoms with Gasteiger partial charge in [0.25, 0.3) is 0 Å². The molecule has 9 nitrogen and oxygen atoms in total. The molecule has 49 heavy (non-hydrogen) atoms. The number of rotatable bonds is 19. The van der Waals surface area contributed by atoms with E-state index in [1.165, 1.54) is 0 Å². The molecule has 3 rings (SSSR count). The summed E-state index contributed by atoms with van der Waals surface area (Å²) < 4.78 is 61.0. The summed E-state index contributed by atoms with van der Waals surface area (Å²) in [4.78, 5) is 26.9. The van der Waals surface area contributed by atoms with Gasteiger partial charge in [-0.15, -0.1) is 12.4 Å². The maximum absolute atomic E-state index is 14.1. The van der Waals surface area contributed by atoms with Gasteiger partial charge in [0, 0.05) is 19.2 Å². The molecule has 4 N–H and O–H groups in total. The van der Waals surface area contributed by atoms with Crippen LogP contribution in [0.1, 0.15) is 95.2 Å². The van der Waals surface area contributed by atoms with E-state index in [1.807, 2.05) is 38.1 Å². The van der Waals surface area contributed by atoms with Crippen LogP contribution in [0.2, 0.25) is 0 Å². The van der Waals surface area contributed by atoms with Crippen LogP contribution in [0.5, 0.6) is 0 Å². The van der Waals surface area contributed by atoms with Crippen molar-refractivity contribution in [3.63, 3.8) is 0 Å². The summed E-state index contributed by atoms with van der Waals surface area (Å²) in [7, 11) is -3.85. The lowest BCUT2D eigenvalue weighted by molar-refractivity contribution is -0.124. The Hall–Kier alpha value is -2.80. The molecule has 0 aromatic heterocycles. The summed E-state index contributed by atoms with van der Waals surface area (Å²) in [5, 5.41) is 19.0. The Morgan fingerprint density at radius 2 is 1.55 bits per heavy atom. The average Bonchev–Trinajstić information content (AvgIpc) is 3.04. The van der Waals surface area contributed by atoms with Gasteiger partial charge in [-0.05, 0) is 80.2 Å². The second kappa shape index (κ2) is 21.4. The molecule has 0 bridgehead atoms. The number of amides is 2. The number of hydrogen-bond donors (Lipinski definition) is 4. The molecule has 0 radical (unpaired) electrons. The van der Waals surface area contributed by atoms with Crippen molar-refractivity contribution in [3.05, 3.63) is 70.8 Å². The molecule has 0 saturated heterocycles. The molecule has 1 unspecified atom stereocenters. The number of halogens is 3. The van der Waals surface area contributed by atoms with Crippen LogP contribution in [0.4, 0.5) is 13.6 Å². The van der Waals surface area contributed by atoms with Gasteiger partial charge in [0.05, 0.1) is 23.1 Å². The molecular formula is C36H54ClF2N3O6S. The minimum atomic E-state index is -3.85. The number of carbonyl (C=O) groups is 2. The maximum Gasteiger partial charge on any atom is 0.408 e.